The van der Waals surface area contributed by atoms with Crippen molar-refractivity contribution >= 4 is 17.4 Å². The summed E-state index contributed by atoms with van der Waals surface area (Å²) < 4.78 is 5.90. The fraction of sp³-hybridized carbons (Fsp3) is 0.0769. The van der Waals surface area contributed by atoms with Crippen LogP contribution in [0.4, 0.5) is 0 Å². The third-order valence-electron chi connectivity index (χ3n) is 2.45. The van der Waals surface area contributed by atoms with Crippen LogP contribution in [-0.2, 0) is 0 Å². The average Bonchev–Trinajstić information content (AvgIpc) is 2.82. The van der Waals surface area contributed by atoms with E-state index in [0.717, 1.165) is 11.3 Å². The Morgan fingerprint density at radius 2 is 2.00 bits per heavy atom. The Morgan fingerprint density at radius 3 is 2.87 bits per heavy atom. The van der Waals surface area contributed by atoms with E-state index in [0.29, 0.717) is 0 Å². The van der Waals surface area contributed by atoms with Gasteiger partial charge in [-0.2, -0.15) is 0 Å². The minimum atomic E-state index is 0.0832. The van der Waals surface area contributed by atoms with Crippen molar-refractivity contribution in [2.24, 2.45) is 0 Å². The molecule has 2 heterocycles. The molecule has 1 unspecified atom stereocenters. The first-order valence-electron chi connectivity index (χ1n) is 4.91. The number of rotatable bonds is 1. The van der Waals surface area contributed by atoms with Gasteiger partial charge in [-0.05, 0) is 23.6 Å². The number of fused-ring (bicyclic) bond motifs is 1. The van der Waals surface area contributed by atoms with Crippen LogP contribution in [-0.4, -0.2) is 0 Å². The maximum absolute atomic E-state index is 5.90. The molecular weight excluding hydrogens is 204 g/mol. The number of para-hydroxylation sites is 1. The van der Waals surface area contributed by atoms with E-state index in [4.69, 9.17) is 4.74 Å². The Kier molecular flexibility index (Phi) is 2.07. The van der Waals surface area contributed by atoms with Gasteiger partial charge in [-0.1, -0.05) is 30.3 Å². The second-order valence-electron chi connectivity index (χ2n) is 3.45. The van der Waals surface area contributed by atoms with E-state index in [9.17, 15) is 0 Å². The van der Waals surface area contributed by atoms with Crippen molar-refractivity contribution < 1.29 is 4.74 Å². The molecule has 0 fully saturated rings. The Bertz CT molecular complexity index is 485. The van der Waals surface area contributed by atoms with Gasteiger partial charge >= 0.3 is 0 Å². The number of benzene rings is 1. The summed E-state index contributed by atoms with van der Waals surface area (Å²) >= 11 is 1.73. The summed E-state index contributed by atoms with van der Waals surface area (Å²) in [5.41, 5.74) is 1.16. The van der Waals surface area contributed by atoms with E-state index >= 15 is 0 Å². The first-order valence-corrected chi connectivity index (χ1v) is 5.79. The quantitative estimate of drug-likeness (QED) is 0.699. The van der Waals surface area contributed by atoms with E-state index in [-0.39, 0.29) is 6.10 Å². The van der Waals surface area contributed by atoms with Gasteiger partial charge in [0.05, 0.1) is 0 Å². The number of thiophene rings is 1. The highest BCUT2D eigenvalue weighted by molar-refractivity contribution is 7.10. The van der Waals surface area contributed by atoms with Crippen LogP contribution in [0.15, 0.2) is 47.9 Å². The van der Waals surface area contributed by atoms with Crippen LogP contribution in [0.5, 0.6) is 5.75 Å². The zero-order chi connectivity index (χ0) is 10.1. The van der Waals surface area contributed by atoms with Gasteiger partial charge in [-0.25, -0.2) is 0 Å². The summed E-state index contributed by atoms with van der Waals surface area (Å²) in [6, 6.07) is 12.3. The van der Waals surface area contributed by atoms with E-state index < -0.39 is 0 Å². The van der Waals surface area contributed by atoms with Gasteiger partial charge < -0.3 is 4.74 Å². The van der Waals surface area contributed by atoms with E-state index in [1.807, 2.05) is 18.2 Å². The third-order valence-corrected chi connectivity index (χ3v) is 3.38. The molecule has 1 aromatic carbocycles. The van der Waals surface area contributed by atoms with Crippen LogP contribution >= 0.6 is 11.3 Å². The smallest absolute Gasteiger partial charge is 0.151 e. The first-order chi connectivity index (χ1) is 7.43. The van der Waals surface area contributed by atoms with Crippen molar-refractivity contribution in [1.82, 2.24) is 0 Å². The van der Waals surface area contributed by atoms with Gasteiger partial charge in [-0.3, -0.25) is 0 Å². The lowest BCUT2D eigenvalue weighted by atomic mass is 10.1. The molecule has 0 N–H and O–H groups in total. The summed E-state index contributed by atoms with van der Waals surface area (Å²) in [5, 5.41) is 2.08. The number of ether oxygens (including phenoxy) is 1. The molecule has 0 bridgehead atoms. The third kappa shape index (κ3) is 1.57. The summed E-state index contributed by atoms with van der Waals surface area (Å²) in [7, 11) is 0. The van der Waals surface area contributed by atoms with E-state index in [2.05, 4.69) is 35.7 Å². The Hall–Kier alpha value is -1.54. The average molecular weight is 214 g/mol. The normalized spacial score (nSPS) is 18.3. The number of hydrogen-bond acceptors (Lipinski definition) is 2. The van der Waals surface area contributed by atoms with Gasteiger partial charge in [-0.15, -0.1) is 11.3 Å². The molecule has 0 saturated heterocycles. The standard InChI is InChI=1S/C13H10OS/c1-2-5-11-10(4-1)7-8-12(14-11)13-6-3-9-15-13/h1-9,12H. The lowest BCUT2D eigenvalue weighted by molar-refractivity contribution is 0.255. The molecule has 0 amide bonds. The summed E-state index contributed by atoms with van der Waals surface area (Å²) in [6.07, 6.45) is 4.32. The summed E-state index contributed by atoms with van der Waals surface area (Å²) in [4.78, 5) is 1.25. The molecule has 0 radical (unpaired) electrons. The van der Waals surface area contributed by atoms with E-state index in [1.165, 1.54) is 4.88 Å². The predicted octanol–water partition coefficient (Wildman–Crippen LogP) is 3.90. The summed E-state index contributed by atoms with van der Waals surface area (Å²) in [6.45, 7) is 0. The van der Waals surface area contributed by atoms with Crippen molar-refractivity contribution in [3.63, 3.8) is 0 Å². The Balaban J connectivity index is 1.96. The molecular formula is C13H10OS. The van der Waals surface area contributed by atoms with Crippen molar-refractivity contribution in [2.75, 3.05) is 0 Å². The number of hydrogen-bond donors (Lipinski definition) is 0. The Morgan fingerprint density at radius 1 is 1.07 bits per heavy atom. The first kappa shape index (κ1) is 8.74. The fourth-order valence-electron chi connectivity index (χ4n) is 1.70. The molecule has 2 heteroatoms. The highest BCUT2D eigenvalue weighted by atomic mass is 32.1. The highest BCUT2D eigenvalue weighted by Gasteiger charge is 2.16. The van der Waals surface area contributed by atoms with Gasteiger partial charge in [0.25, 0.3) is 0 Å². The zero-order valence-electron chi connectivity index (χ0n) is 8.09. The van der Waals surface area contributed by atoms with Crippen LogP contribution in [0.3, 0.4) is 0 Å². The fourth-order valence-corrected chi connectivity index (χ4v) is 2.43. The van der Waals surface area contributed by atoms with Crippen LogP contribution in [0.2, 0.25) is 0 Å². The predicted molar refractivity (Wildman–Crippen MR) is 63.2 cm³/mol. The van der Waals surface area contributed by atoms with E-state index in [1.54, 1.807) is 11.3 Å². The van der Waals surface area contributed by atoms with Gasteiger partial charge in [0, 0.05) is 10.4 Å². The monoisotopic (exact) mass is 214 g/mol. The molecule has 1 aliphatic heterocycles. The second kappa shape index (κ2) is 3.55. The minimum Gasteiger partial charge on any atom is -0.480 e. The van der Waals surface area contributed by atoms with Crippen molar-refractivity contribution in [1.29, 1.82) is 0 Å². The topological polar surface area (TPSA) is 9.23 Å². The summed E-state index contributed by atoms with van der Waals surface area (Å²) in [5.74, 6) is 0.971. The molecule has 15 heavy (non-hydrogen) atoms. The largest absolute Gasteiger partial charge is 0.480 e. The van der Waals surface area contributed by atoms with Crippen molar-refractivity contribution in [3.05, 3.63) is 58.3 Å². The van der Waals surface area contributed by atoms with Gasteiger partial charge in [0.2, 0.25) is 0 Å². The second-order valence-corrected chi connectivity index (χ2v) is 4.43. The van der Waals surface area contributed by atoms with Gasteiger partial charge in [0.1, 0.15) is 5.75 Å². The van der Waals surface area contributed by atoms with Gasteiger partial charge in [0.15, 0.2) is 6.10 Å². The van der Waals surface area contributed by atoms with Crippen molar-refractivity contribution in [3.8, 4) is 5.75 Å². The van der Waals surface area contributed by atoms with Crippen LogP contribution in [0, 0.1) is 0 Å². The molecule has 1 aliphatic rings. The van der Waals surface area contributed by atoms with Crippen LogP contribution in [0.25, 0.3) is 6.08 Å². The SMILES string of the molecule is C1=CC(c2cccs2)Oc2ccccc21. The molecule has 1 aromatic heterocycles. The van der Waals surface area contributed by atoms with Crippen LogP contribution < -0.4 is 4.74 Å². The lowest BCUT2D eigenvalue weighted by Crippen LogP contribution is -2.06. The highest BCUT2D eigenvalue weighted by Crippen LogP contribution is 2.33. The molecule has 0 aliphatic carbocycles. The molecule has 1 nitrogen and oxygen atoms in total. The molecule has 0 spiro atoms. The van der Waals surface area contributed by atoms with Crippen LogP contribution in [0.1, 0.15) is 16.5 Å². The molecule has 2 aromatic rings. The van der Waals surface area contributed by atoms with Crippen molar-refractivity contribution in [2.45, 2.75) is 6.10 Å². The lowest BCUT2D eigenvalue weighted by Gasteiger charge is -2.20. The molecule has 74 valence electrons. The maximum Gasteiger partial charge on any atom is 0.151 e. The zero-order valence-corrected chi connectivity index (χ0v) is 8.91. The molecule has 3 rings (SSSR count). The maximum atomic E-state index is 5.90. The molecule has 0 saturated carbocycles. The molecule has 1 atom stereocenters. The Labute approximate surface area is 92.6 Å². The minimum absolute atomic E-state index is 0.0832.